The number of alkyl halides is 1. The molecular formula is C25H29ClF3N5. The van der Waals surface area contributed by atoms with Crippen LogP contribution in [-0.2, 0) is 18.6 Å². The SMILES string of the molecule is Cc1cc(Nc2cc(C(C)(C)F)c(F)c(CC3CCN(Cc4cccc(Cl)c4F)CC3)n2)n[nH]1. The van der Waals surface area contributed by atoms with Crippen molar-refractivity contribution < 1.29 is 13.2 Å². The lowest BCUT2D eigenvalue weighted by atomic mass is 9.90. The summed E-state index contributed by atoms with van der Waals surface area (Å²) in [6.07, 6.45) is 2.03. The van der Waals surface area contributed by atoms with Crippen molar-refractivity contribution in [2.75, 3.05) is 18.4 Å². The maximum atomic E-state index is 15.3. The summed E-state index contributed by atoms with van der Waals surface area (Å²) in [6, 6.07) is 8.23. The average molecular weight is 492 g/mol. The van der Waals surface area contributed by atoms with Gasteiger partial charge < -0.3 is 5.32 Å². The monoisotopic (exact) mass is 491 g/mol. The molecule has 182 valence electrons. The number of likely N-dealkylation sites (tertiary alicyclic amines) is 1. The van der Waals surface area contributed by atoms with Crippen LogP contribution in [0.15, 0.2) is 30.3 Å². The Kier molecular flexibility index (Phi) is 7.19. The highest BCUT2D eigenvalue weighted by Gasteiger charge is 2.29. The van der Waals surface area contributed by atoms with Gasteiger partial charge in [0.2, 0.25) is 0 Å². The number of nitrogens with one attached hydrogen (secondary N) is 2. The van der Waals surface area contributed by atoms with Crippen molar-refractivity contribution in [2.24, 2.45) is 5.92 Å². The van der Waals surface area contributed by atoms with Gasteiger partial charge in [0.15, 0.2) is 11.6 Å². The first-order chi connectivity index (χ1) is 16.1. The Labute approximate surface area is 202 Å². The number of aryl methyl sites for hydroxylation is 1. The van der Waals surface area contributed by atoms with E-state index in [2.05, 4.69) is 25.4 Å². The zero-order valence-corrected chi connectivity index (χ0v) is 20.3. The number of hydrogen-bond donors (Lipinski definition) is 2. The lowest BCUT2D eigenvalue weighted by Gasteiger charge is -2.32. The molecule has 34 heavy (non-hydrogen) atoms. The van der Waals surface area contributed by atoms with Gasteiger partial charge in [0, 0.05) is 29.4 Å². The Balaban J connectivity index is 1.46. The first-order valence-electron chi connectivity index (χ1n) is 11.4. The van der Waals surface area contributed by atoms with Crippen LogP contribution in [0.1, 0.15) is 49.2 Å². The van der Waals surface area contributed by atoms with Gasteiger partial charge in [-0.25, -0.2) is 18.2 Å². The molecule has 0 atom stereocenters. The number of aromatic nitrogens is 3. The van der Waals surface area contributed by atoms with E-state index >= 15 is 4.39 Å². The molecule has 9 heteroatoms. The highest BCUT2D eigenvalue weighted by atomic mass is 35.5. The summed E-state index contributed by atoms with van der Waals surface area (Å²) in [4.78, 5) is 6.64. The zero-order chi connectivity index (χ0) is 24.5. The fraction of sp³-hybridized carbons (Fsp3) is 0.440. The number of halogens is 4. The van der Waals surface area contributed by atoms with Crippen molar-refractivity contribution in [1.29, 1.82) is 0 Å². The van der Waals surface area contributed by atoms with Gasteiger partial charge in [-0.1, -0.05) is 23.7 Å². The molecule has 1 aliphatic heterocycles. The highest BCUT2D eigenvalue weighted by Crippen LogP contribution is 2.33. The second-order valence-electron chi connectivity index (χ2n) is 9.49. The van der Waals surface area contributed by atoms with Crippen LogP contribution in [0, 0.1) is 24.5 Å². The summed E-state index contributed by atoms with van der Waals surface area (Å²) in [7, 11) is 0. The minimum absolute atomic E-state index is 0.0267. The van der Waals surface area contributed by atoms with Gasteiger partial charge in [0.25, 0.3) is 0 Å². The molecule has 0 amide bonds. The summed E-state index contributed by atoms with van der Waals surface area (Å²) >= 11 is 5.90. The van der Waals surface area contributed by atoms with Crippen LogP contribution in [0.5, 0.6) is 0 Å². The molecule has 0 unspecified atom stereocenters. The molecule has 2 aromatic heterocycles. The minimum Gasteiger partial charge on any atom is -0.323 e. The lowest BCUT2D eigenvalue weighted by Crippen LogP contribution is -2.34. The lowest BCUT2D eigenvalue weighted by molar-refractivity contribution is 0.173. The van der Waals surface area contributed by atoms with Gasteiger partial charge in [0.05, 0.1) is 10.7 Å². The van der Waals surface area contributed by atoms with Crippen molar-refractivity contribution in [3.8, 4) is 0 Å². The normalized spacial score (nSPS) is 15.6. The molecule has 0 radical (unpaired) electrons. The quantitative estimate of drug-likeness (QED) is 0.399. The van der Waals surface area contributed by atoms with Gasteiger partial charge in [0.1, 0.15) is 17.3 Å². The van der Waals surface area contributed by atoms with Gasteiger partial charge in [-0.05, 0) is 71.2 Å². The molecule has 3 heterocycles. The largest absolute Gasteiger partial charge is 0.323 e. The van der Waals surface area contributed by atoms with E-state index in [9.17, 15) is 8.78 Å². The van der Waals surface area contributed by atoms with Crippen LogP contribution in [0.2, 0.25) is 5.02 Å². The van der Waals surface area contributed by atoms with E-state index in [0.29, 0.717) is 30.2 Å². The van der Waals surface area contributed by atoms with Gasteiger partial charge in [-0.15, -0.1) is 0 Å². The minimum atomic E-state index is -1.86. The molecule has 0 spiro atoms. The number of nitrogens with zero attached hydrogens (tertiary/aromatic N) is 3. The van der Waals surface area contributed by atoms with Crippen molar-refractivity contribution in [2.45, 2.75) is 52.2 Å². The Hall–Kier alpha value is -2.58. The third kappa shape index (κ3) is 5.73. The first kappa shape index (κ1) is 24.5. The Morgan fingerprint density at radius 2 is 1.88 bits per heavy atom. The van der Waals surface area contributed by atoms with Crippen LogP contribution in [0.3, 0.4) is 0 Å². The van der Waals surface area contributed by atoms with E-state index in [1.54, 1.807) is 18.2 Å². The molecule has 4 rings (SSSR count). The van der Waals surface area contributed by atoms with Crippen LogP contribution in [-0.4, -0.2) is 33.2 Å². The number of rotatable bonds is 7. The van der Waals surface area contributed by atoms with Crippen molar-refractivity contribution in [1.82, 2.24) is 20.1 Å². The molecule has 0 saturated carbocycles. The van der Waals surface area contributed by atoms with Crippen molar-refractivity contribution >= 4 is 23.2 Å². The Morgan fingerprint density at radius 1 is 1.15 bits per heavy atom. The predicted octanol–water partition coefficient (Wildman–Crippen LogP) is 6.45. The molecule has 0 aliphatic carbocycles. The van der Waals surface area contributed by atoms with Crippen LogP contribution >= 0.6 is 11.6 Å². The topological polar surface area (TPSA) is 56.8 Å². The molecule has 5 nitrogen and oxygen atoms in total. The third-order valence-electron chi connectivity index (χ3n) is 6.24. The zero-order valence-electron chi connectivity index (χ0n) is 19.6. The summed E-state index contributed by atoms with van der Waals surface area (Å²) in [5.74, 6) is 0.111. The summed E-state index contributed by atoms with van der Waals surface area (Å²) in [6.45, 7) is 6.53. The highest BCUT2D eigenvalue weighted by molar-refractivity contribution is 6.30. The van der Waals surface area contributed by atoms with Crippen LogP contribution < -0.4 is 5.32 Å². The first-order valence-corrected chi connectivity index (χ1v) is 11.8. The van der Waals surface area contributed by atoms with Crippen LogP contribution in [0.25, 0.3) is 0 Å². The molecule has 1 aliphatic rings. The number of H-pyrrole nitrogens is 1. The summed E-state index contributed by atoms with van der Waals surface area (Å²) < 4.78 is 44.3. The standard InChI is InChI=1S/C25H29ClF3N5/c1-15-11-22(33-32-15)31-21-13-18(25(2,3)29)24(28)20(30-21)12-16-7-9-34(10-8-16)14-17-5-4-6-19(26)23(17)27/h4-6,11,13,16H,7-10,12,14H2,1-3H3,(H2,30,31,32,33). The van der Waals surface area contributed by atoms with Gasteiger partial charge in [-0.2, -0.15) is 5.10 Å². The Morgan fingerprint density at radius 3 is 2.53 bits per heavy atom. The summed E-state index contributed by atoms with van der Waals surface area (Å²) in [5.41, 5.74) is -0.205. The number of hydrogen-bond acceptors (Lipinski definition) is 4. The van der Waals surface area contributed by atoms with E-state index in [1.807, 2.05) is 6.92 Å². The Bertz CT molecular complexity index is 1150. The average Bonchev–Trinajstić information content (AvgIpc) is 3.18. The van der Waals surface area contributed by atoms with E-state index in [-0.39, 0.29) is 28.0 Å². The number of aromatic amines is 1. The molecular weight excluding hydrogens is 463 g/mol. The smallest absolute Gasteiger partial charge is 0.153 e. The molecule has 1 fully saturated rings. The van der Waals surface area contributed by atoms with E-state index in [4.69, 9.17) is 11.6 Å². The van der Waals surface area contributed by atoms with Gasteiger partial charge >= 0.3 is 0 Å². The second kappa shape index (κ2) is 9.96. The fourth-order valence-corrected chi connectivity index (χ4v) is 4.56. The van der Waals surface area contributed by atoms with Gasteiger partial charge in [-0.3, -0.25) is 10.00 Å². The van der Waals surface area contributed by atoms with Crippen molar-refractivity contribution in [3.05, 3.63) is 69.5 Å². The third-order valence-corrected chi connectivity index (χ3v) is 6.54. The predicted molar refractivity (Wildman–Crippen MR) is 128 cm³/mol. The number of pyridine rings is 1. The molecule has 0 bridgehead atoms. The number of anilines is 2. The van der Waals surface area contributed by atoms with E-state index in [0.717, 1.165) is 31.6 Å². The van der Waals surface area contributed by atoms with E-state index < -0.39 is 11.5 Å². The molecule has 1 aromatic carbocycles. The number of benzene rings is 1. The molecule has 3 aromatic rings. The molecule has 1 saturated heterocycles. The molecule has 2 N–H and O–H groups in total. The maximum absolute atomic E-state index is 15.3. The number of piperidine rings is 1. The van der Waals surface area contributed by atoms with Crippen LogP contribution in [0.4, 0.5) is 24.8 Å². The summed E-state index contributed by atoms with van der Waals surface area (Å²) in [5, 5.41) is 10.1. The fourth-order valence-electron chi connectivity index (χ4n) is 4.36. The maximum Gasteiger partial charge on any atom is 0.153 e. The van der Waals surface area contributed by atoms with Crippen molar-refractivity contribution in [3.63, 3.8) is 0 Å². The second-order valence-corrected chi connectivity index (χ2v) is 9.89. The van der Waals surface area contributed by atoms with E-state index in [1.165, 1.54) is 26.0 Å².